The molecule has 0 aliphatic rings. The second-order valence-electron chi connectivity index (χ2n) is 4.06. The third kappa shape index (κ3) is 4.00. The van der Waals surface area contributed by atoms with E-state index in [1.807, 2.05) is 6.92 Å². The topological polar surface area (TPSA) is 64.3 Å². The Hall–Kier alpha value is -1.62. The average molecular weight is 254 g/mol. The van der Waals surface area contributed by atoms with Crippen LogP contribution in [0.3, 0.4) is 0 Å². The van der Waals surface area contributed by atoms with E-state index >= 15 is 0 Å². The highest BCUT2D eigenvalue weighted by Gasteiger charge is 2.10. The Bertz CT molecular complexity index is 410. The van der Waals surface area contributed by atoms with Crippen LogP contribution < -0.4 is 15.8 Å². The van der Waals surface area contributed by atoms with E-state index in [0.717, 1.165) is 12.5 Å². The summed E-state index contributed by atoms with van der Waals surface area (Å²) in [6.07, 6.45) is 1.58. The molecule has 0 bridgehead atoms. The molecule has 3 N–H and O–H groups in total. The molecule has 0 saturated carbocycles. The van der Waals surface area contributed by atoms with Crippen molar-refractivity contribution in [3.05, 3.63) is 29.6 Å². The number of hydrogen-bond donors (Lipinski definition) is 2. The molecule has 0 spiro atoms. The number of halogens is 1. The Balaban J connectivity index is 2.54. The van der Waals surface area contributed by atoms with Crippen LogP contribution >= 0.6 is 0 Å². The molecule has 4 nitrogen and oxygen atoms in total. The van der Waals surface area contributed by atoms with Gasteiger partial charge >= 0.3 is 0 Å². The molecule has 5 heteroatoms. The highest BCUT2D eigenvalue weighted by Crippen LogP contribution is 2.17. The van der Waals surface area contributed by atoms with Crippen molar-refractivity contribution in [1.29, 1.82) is 0 Å². The summed E-state index contributed by atoms with van der Waals surface area (Å²) in [6.45, 7) is 2.48. The zero-order chi connectivity index (χ0) is 13.5. The third-order valence-electron chi connectivity index (χ3n) is 2.74. The molecule has 1 unspecified atom stereocenters. The summed E-state index contributed by atoms with van der Waals surface area (Å²) in [5, 5.41) is 2.70. The lowest BCUT2D eigenvalue weighted by Gasteiger charge is -2.10. The minimum Gasteiger partial charge on any atom is -0.494 e. The first-order valence-electron chi connectivity index (χ1n) is 5.95. The maximum Gasteiger partial charge on any atom is 0.251 e. The zero-order valence-electron chi connectivity index (χ0n) is 10.7. The van der Waals surface area contributed by atoms with Crippen molar-refractivity contribution in [3.63, 3.8) is 0 Å². The standard InChI is InChI=1S/C13H19FN2O2/c1-3-10(15)6-7-16-13(17)9-4-5-12(18-2)11(14)8-9/h4-5,8,10H,3,6-7,15H2,1-2H3,(H,16,17). The minimum absolute atomic E-state index is 0.0814. The molecule has 0 aliphatic carbocycles. The molecule has 1 amide bonds. The van der Waals surface area contributed by atoms with E-state index in [2.05, 4.69) is 5.32 Å². The minimum atomic E-state index is -0.546. The van der Waals surface area contributed by atoms with Crippen LogP contribution in [-0.4, -0.2) is 25.6 Å². The lowest BCUT2D eigenvalue weighted by atomic mass is 10.1. The van der Waals surface area contributed by atoms with Gasteiger partial charge in [-0.05, 0) is 31.0 Å². The SMILES string of the molecule is CCC(N)CCNC(=O)c1ccc(OC)c(F)c1. The molecule has 0 radical (unpaired) electrons. The smallest absolute Gasteiger partial charge is 0.251 e. The number of carbonyl (C=O) groups is 1. The van der Waals surface area contributed by atoms with Crippen molar-refractivity contribution in [2.45, 2.75) is 25.8 Å². The van der Waals surface area contributed by atoms with Gasteiger partial charge in [-0.15, -0.1) is 0 Å². The highest BCUT2D eigenvalue weighted by molar-refractivity contribution is 5.94. The lowest BCUT2D eigenvalue weighted by Crippen LogP contribution is -2.30. The van der Waals surface area contributed by atoms with Crippen LogP contribution in [0.15, 0.2) is 18.2 Å². The van der Waals surface area contributed by atoms with E-state index < -0.39 is 5.82 Å². The molecule has 0 heterocycles. The van der Waals surface area contributed by atoms with E-state index in [9.17, 15) is 9.18 Å². The number of benzene rings is 1. The second kappa shape index (κ2) is 6.96. The molecular formula is C13H19FN2O2. The first-order valence-corrected chi connectivity index (χ1v) is 5.95. The van der Waals surface area contributed by atoms with E-state index in [1.54, 1.807) is 0 Å². The van der Waals surface area contributed by atoms with Gasteiger partial charge in [-0.25, -0.2) is 4.39 Å². The van der Waals surface area contributed by atoms with Gasteiger partial charge in [-0.2, -0.15) is 0 Å². The van der Waals surface area contributed by atoms with Crippen molar-refractivity contribution >= 4 is 5.91 Å². The fourth-order valence-electron chi connectivity index (χ4n) is 1.48. The van der Waals surface area contributed by atoms with E-state index in [0.29, 0.717) is 13.0 Å². The molecule has 0 fully saturated rings. The van der Waals surface area contributed by atoms with E-state index in [1.165, 1.54) is 19.2 Å². The highest BCUT2D eigenvalue weighted by atomic mass is 19.1. The Morgan fingerprint density at radius 2 is 2.28 bits per heavy atom. The number of carbonyl (C=O) groups excluding carboxylic acids is 1. The summed E-state index contributed by atoms with van der Waals surface area (Å²) in [5.74, 6) is -0.727. The van der Waals surface area contributed by atoms with E-state index in [-0.39, 0.29) is 23.3 Å². The summed E-state index contributed by atoms with van der Waals surface area (Å²) in [5.41, 5.74) is 6.01. The normalized spacial score (nSPS) is 12.0. The van der Waals surface area contributed by atoms with Crippen molar-refractivity contribution in [2.75, 3.05) is 13.7 Å². The number of rotatable bonds is 6. The van der Waals surface area contributed by atoms with Crippen LogP contribution in [0, 0.1) is 5.82 Å². The van der Waals surface area contributed by atoms with Crippen molar-refractivity contribution < 1.29 is 13.9 Å². The predicted molar refractivity (Wildman–Crippen MR) is 68.2 cm³/mol. The van der Waals surface area contributed by atoms with Gasteiger partial charge in [-0.3, -0.25) is 4.79 Å². The lowest BCUT2D eigenvalue weighted by molar-refractivity contribution is 0.0952. The quantitative estimate of drug-likeness (QED) is 0.812. The van der Waals surface area contributed by atoms with Crippen molar-refractivity contribution in [1.82, 2.24) is 5.32 Å². The Morgan fingerprint density at radius 1 is 1.56 bits per heavy atom. The molecule has 1 aromatic rings. The Morgan fingerprint density at radius 3 is 2.83 bits per heavy atom. The summed E-state index contributed by atoms with van der Waals surface area (Å²) in [6, 6.07) is 4.20. The van der Waals surface area contributed by atoms with Gasteiger partial charge < -0.3 is 15.8 Å². The first-order chi connectivity index (χ1) is 8.58. The Labute approximate surface area is 106 Å². The van der Waals surface area contributed by atoms with Gasteiger partial charge in [0.1, 0.15) is 0 Å². The molecule has 0 aliphatic heterocycles. The number of nitrogens with one attached hydrogen (secondary N) is 1. The summed E-state index contributed by atoms with van der Waals surface area (Å²) in [4.78, 5) is 11.7. The fraction of sp³-hybridized carbons (Fsp3) is 0.462. The predicted octanol–water partition coefficient (Wildman–Crippen LogP) is 1.69. The molecular weight excluding hydrogens is 235 g/mol. The summed E-state index contributed by atoms with van der Waals surface area (Å²) in [7, 11) is 1.38. The number of ether oxygens (including phenoxy) is 1. The van der Waals surface area contributed by atoms with Crippen LogP contribution in [0.25, 0.3) is 0 Å². The molecule has 18 heavy (non-hydrogen) atoms. The van der Waals surface area contributed by atoms with Crippen LogP contribution in [0.5, 0.6) is 5.75 Å². The van der Waals surface area contributed by atoms with Crippen molar-refractivity contribution in [3.8, 4) is 5.75 Å². The molecule has 0 aromatic heterocycles. The third-order valence-corrected chi connectivity index (χ3v) is 2.74. The largest absolute Gasteiger partial charge is 0.494 e. The van der Waals surface area contributed by atoms with Crippen LogP contribution in [0.4, 0.5) is 4.39 Å². The van der Waals surface area contributed by atoms with Gasteiger partial charge in [0.15, 0.2) is 11.6 Å². The number of hydrogen-bond acceptors (Lipinski definition) is 3. The Kier molecular flexibility index (Phi) is 5.58. The van der Waals surface area contributed by atoms with Crippen LogP contribution in [0.2, 0.25) is 0 Å². The molecule has 1 aromatic carbocycles. The first kappa shape index (κ1) is 14.4. The number of methoxy groups -OCH3 is 1. The van der Waals surface area contributed by atoms with Gasteiger partial charge in [-0.1, -0.05) is 6.92 Å². The molecule has 0 saturated heterocycles. The monoisotopic (exact) mass is 254 g/mol. The van der Waals surface area contributed by atoms with Gasteiger partial charge in [0, 0.05) is 18.2 Å². The van der Waals surface area contributed by atoms with Crippen LogP contribution in [0.1, 0.15) is 30.1 Å². The van der Waals surface area contributed by atoms with Crippen LogP contribution in [-0.2, 0) is 0 Å². The van der Waals surface area contributed by atoms with Gasteiger partial charge in [0.2, 0.25) is 0 Å². The summed E-state index contributed by atoms with van der Waals surface area (Å²) >= 11 is 0. The van der Waals surface area contributed by atoms with Crippen molar-refractivity contribution in [2.24, 2.45) is 5.73 Å². The molecule has 100 valence electrons. The zero-order valence-corrected chi connectivity index (χ0v) is 10.7. The maximum atomic E-state index is 13.4. The fourth-order valence-corrected chi connectivity index (χ4v) is 1.48. The number of amides is 1. The second-order valence-corrected chi connectivity index (χ2v) is 4.06. The summed E-state index contributed by atoms with van der Waals surface area (Å²) < 4.78 is 18.2. The average Bonchev–Trinajstić information content (AvgIpc) is 2.38. The molecule has 1 atom stereocenters. The van der Waals surface area contributed by atoms with Gasteiger partial charge in [0.05, 0.1) is 7.11 Å². The number of nitrogens with two attached hydrogens (primary N) is 1. The molecule has 1 rings (SSSR count). The van der Waals surface area contributed by atoms with Gasteiger partial charge in [0.25, 0.3) is 5.91 Å². The maximum absolute atomic E-state index is 13.4. The van der Waals surface area contributed by atoms with E-state index in [4.69, 9.17) is 10.5 Å².